The lowest BCUT2D eigenvalue weighted by molar-refractivity contribution is 0.305. The quantitative estimate of drug-likeness (QED) is 0.255. The van der Waals surface area contributed by atoms with Crippen LogP contribution in [0, 0.1) is 6.92 Å². The molecule has 0 amide bonds. The summed E-state index contributed by atoms with van der Waals surface area (Å²) in [4.78, 5) is 0. The van der Waals surface area contributed by atoms with Gasteiger partial charge in [0.05, 0.1) is 6.61 Å². The molecule has 0 saturated heterocycles. The molecule has 0 saturated carbocycles. The highest BCUT2D eigenvalue weighted by atomic mass is 16.5. The summed E-state index contributed by atoms with van der Waals surface area (Å²) < 4.78 is 5.49. The molecule has 1 rings (SSSR count). The summed E-state index contributed by atoms with van der Waals surface area (Å²) in [5.74, 6) is 1.09. The van der Waals surface area contributed by atoms with Gasteiger partial charge in [-0.1, -0.05) is 17.3 Å². The lowest BCUT2D eigenvalue weighted by Gasteiger charge is -2.05. The van der Waals surface area contributed by atoms with Gasteiger partial charge in [0.1, 0.15) is 11.6 Å². The number of aryl methyl sites for hydroxylation is 1. The topological polar surface area (TPSA) is 67.8 Å². The van der Waals surface area contributed by atoms with Crippen LogP contribution in [-0.2, 0) is 0 Å². The second kappa shape index (κ2) is 5.90. The number of amidine groups is 1. The molecule has 0 heterocycles. The molecule has 4 nitrogen and oxygen atoms in total. The molecular weight excluding hydrogens is 192 g/mol. The van der Waals surface area contributed by atoms with E-state index in [4.69, 9.17) is 15.7 Å². The molecule has 0 spiro atoms. The molecular formula is C11H16N2O2. The summed E-state index contributed by atoms with van der Waals surface area (Å²) in [6, 6.07) is 7.86. The number of nitrogens with zero attached hydrogens (tertiary/aromatic N) is 1. The Morgan fingerprint density at radius 2 is 2.33 bits per heavy atom. The highest BCUT2D eigenvalue weighted by molar-refractivity contribution is 5.79. The standard InChI is InChI=1S/C11H16N2O2/c1-9-4-2-5-10(8-9)15-7-3-6-11(12)13-14/h2,4-5,8,14H,3,6-7H2,1H3,(H2,12,13). The molecule has 0 aliphatic carbocycles. The second-order valence-electron chi connectivity index (χ2n) is 3.36. The van der Waals surface area contributed by atoms with Crippen molar-refractivity contribution in [3.05, 3.63) is 29.8 Å². The van der Waals surface area contributed by atoms with Gasteiger partial charge < -0.3 is 15.7 Å². The van der Waals surface area contributed by atoms with E-state index in [1.165, 1.54) is 5.56 Å². The molecule has 1 aromatic rings. The van der Waals surface area contributed by atoms with Crippen molar-refractivity contribution in [1.29, 1.82) is 0 Å². The molecule has 3 N–H and O–H groups in total. The van der Waals surface area contributed by atoms with Crippen molar-refractivity contribution in [3.63, 3.8) is 0 Å². The second-order valence-corrected chi connectivity index (χ2v) is 3.36. The molecule has 1 aromatic carbocycles. The first kappa shape index (κ1) is 11.4. The molecule has 15 heavy (non-hydrogen) atoms. The zero-order valence-corrected chi connectivity index (χ0v) is 8.81. The summed E-state index contributed by atoms with van der Waals surface area (Å²) in [5.41, 5.74) is 6.49. The normalized spacial score (nSPS) is 11.4. The first-order valence-electron chi connectivity index (χ1n) is 4.88. The first-order valence-corrected chi connectivity index (χ1v) is 4.88. The van der Waals surface area contributed by atoms with E-state index < -0.39 is 0 Å². The third-order valence-corrected chi connectivity index (χ3v) is 1.96. The van der Waals surface area contributed by atoms with Gasteiger partial charge in [-0.3, -0.25) is 0 Å². The van der Waals surface area contributed by atoms with Crippen LogP contribution in [0.4, 0.5) is 0 Å². The van der Waals surface area contributed by atoms with Gasteiger partial charge in [0.15, 0.2) is 0 Å². The largest absolute Gasteiger partial charge is 0.494 e. The van der Waals surface area contributed by atoms with Crippen molar-refractivity contribution in [1.82, 2.24) is 0 Å². The Labute approximate surface area is 89.4 Å². The van der Waals surface area contributed by atoms with E-state index in [1.54, 1.807) is 0 Å². The minimum atomic E-state index is 0.239. The molecule has 0 atom stereocenters. The Morgan fingerprint density at radius 3 is 3.00 bits per heavy atom. The summed E-state index contributed by atoms with van der Waals surface area (Å²) in [7, 11) is 0. The van der Waals surface area contributed by atoms with Gasteiger partial charge >= 0.3 is 0 Å². The number of nitrogens with two attached hydrogens (primary N) is 1. The molecule has 0 fully saturated rings. The summed E-state index contributed by atoms with van der Waals surface area (Å²) in [6.07, 6.45) is 1.28. The smallest absolute Gasteiger partial charge is 0.139 e. The molecule has 0 aromatic heterocycles. The third kappa shape index (κ3) is 4.35. The van der Waals surface area contributed by atoms with Crippen molar-refractivity contribution in [2.45, 2.75) is 19.8 Å². The Balaban J connectivity index is 2.26. The Morgan fingerprint density at radius 1 is 1.53 bits per heavy atom. The van der Waals surface area contributed by atoms with Gasteiger partial charge in [-0.05, 0) is 31.0 Å². The Bertz CT molecular complexity index is 337. The fourth-order valence-electron chi connectivity index (χ4n) is 1.20. The van der Waals surface area contributed by atoms with E-state index in [2.05, 4.69) is 5.16 Å². The molecule has 82 valence electrons. The van der Waals surface area contributed by atoms with Crippen LogP contribution in [0.3, 0.4) is 0 Å². The number of benzene rings is 1. The lowest BCUT2D eigenvalue weighted by atomic mass is 10.2. The minimum absolute atomic E-state index is 0.239. The van der Waals surface area contributed by atoms with Crippen molar-refractivity contribution in [2.75, 3.05) is 6.61 Å². The Kier molecular flexibility index (Phi) is 4.47. The van der Waals surface area contributed by atoms with E-state index >= 15 is 0 Å². The van der Waals surface area contributed by atoms with Crippen molar-refractivity contribution in [2.24, 2.45) is 10.9 Å². The molecule has 0 unspecified atom stereocenters. The van der Waals surface area contributed by atoms with E-state index in [9.17, 15) is 0 Å². The van der Waals surface area contributed by atoms with Crippen LogP contribution in [0.2, 0.25) is 0 Å². The highest BCUT2D eigenvalue weighted by Crippen LogP contribution is 2.12. The Hall–Kier alpha value is -1.71. The zero-order chi connectivity index (χ0) is 11.1. The summed E-state index contributed by atoms with van der Waals surface area (Å²) in [6.45, 7) is 2.59. The van der Waals surface area contributed by atoms with Crippen LogP contribution < -0.4 is 10.5 Å². The maximum absolute atomic E-state index is 8.31. The monoisotopic (exact) mass is 208 g/mol. The number of hydrogen-bond donors (Lipinski definition) is 2. The van der Waals surface area contributed by atoms with Crippen LogP contribution in [0.5, 0.6) is 5.75 Å². The van der Waals surface area contributed by atoms with Gasteiger partial charge in [-0.2, -0.15) is 0 Å². The van der Waals surface area contributed by atoms with Crippen LogP contribution in [0.1, 0.15) is 18.4 Å². The third-order valence-electron chi connectivity index (χ3n) is 1.96. The fourth-order valence-corrected chi connectivity index (χ4v) is 1.20. The highest BCUT2D eigenvalue weighted by Gasteiger charge is 1.96. The zero-order valence-electron chi connectivity index (χ0n) is 8.81. The van der Waals surface area contributed by atoms with Gasteiger partial charge in [0, 0.05) is 6.42 Å². The van der Waals surface area contributed by atoms with Crippen molar-refractivity contribution < 1.29 is 9.94 Å². The predicted octanol–water partition coefficient (Wildman–Crippen LogP) is 1.90. The number of rotatable bonds is 5. The van der Waals surface area contributed by atoms with E-state index in [0.717, 1.165) is 12.2 Å². The molecule has 0 aliphatic rings. The van der Waals surface area contributed by atoms with E-state index in [1.807, 2.05) is 31.2 Å². The number of oxime groups is 1. The lowest BCUT2D eigenvalue weighted by Crippen LogP contribution is -2.12. The average molecular weight is 208 g/mol. The maximum atomic E-state index is 8.31. The van der Waals surface area contributed by atoms with Gasteiger partial charge in [-0.25, -0.2) is 0 Å². The van der Waals surface area contributed by atoms with E-state index in [-0.39, 0.29) is 5.84 Å². The van der Waals surface area contributed by atoms with Gasteiger partial charge in [0.2, 0.25) is 0 Å². The van der Waals surface area contributed by atoms with Gasteiger partial charge in [0.25, 0.3) is 0 Å². The van der Waals surface area contributed by atoms with Crippen LogP contribution in [-0.4, -0.2) is 17.6 Å². The van der Waals surface area contributed by atoms with Crippen molar-refractivity contribution in [3.8, 4) is 5.75 Å². The SMILES string of the molecule is Cc1cccc(OCCC/C(N)=N/O)c1. The maximum Gasteiger partial charge on any atom is 0.139 e. The van der Waals surface area contributed by atoms with Crippen LogP contribution in [0.25, 0.3) is 0 Å². The fraction of sp³-hybridized carbons (Fsp3) is 0.364. The first-order chi connectivity index (χ1) is 7.22. The van der Waals surface area contributed by atoms with E-state index in [0.29, 0.717) is 13.0 Å². The van der Waals surface area contributed by atoms with Gasteiger partial charge in [-0.15, -0.1) is 0 Å². The predicted molar refractivity (Wildman–Crippen MR) is 59.3 cm³/mol. The molecule has 4 heteroatoms. The van der Waals surface area contributed by atoms with Crippen LogP contribution in [0.15, 0.2) is 29.4 Å². The number of ether oxygens (including phenoxy) is 1. The number of hydrogen-bond acceptors (Lipinski definition) is 3. The van der Waals surface area contributed by atoms with Crippen molar-refractivity contribution >= 4 is 5.84 Å². The van der Waals surface area contributed by atoms with Crippen LogP contribution >= 0.6 is 0 Å². The molecule has 0 bridgehead atoms. The molecule has 0 radical (unpaired) electrons. The average Bonchev–Trinajstić information content (AvgIpc) is 2.24. The summed E-state index contributed by atoms with van der Waals surface area (Å²) >= 11 is 0. The minimum Gasteiger partial charge on any atom is -0.494 e. The summed E-state index contributed by atoms with van der Waals surface area (Å²) in [5, 5.41) is 11.2. The molecule has 0 aliphatic heterocycles.